The number of hydrogen-bond acceptors (Lipinski definition) is 4. The monoisotopic (exact) mass is 387 g/mol. The number of hydrogen-bond donors (Lipinski definition) is 2. The molecule has 2 N–H and O–H groups in total. The van der Waals surface area contributed by atoms with Crippen molar-refractivity contribution in [3.05, 3.63) is 68.9 Å². The number of anilines is 1. The number of amides is 1. The van der Waals surface area contributed by atoms with Gasteiger partial charge < -0.3 is 5.32 Å². The van der Waals surface area contributed by atoms with E-state index < -0.39 is 11.6 Å². The van der Waals surface area contributed by atoms with Crippen molar-refractivity contribution in [2.75, 3.05) is 5.32 Å². The Morgan fingerprint density at radius 1 is 1.18 bits per heavy atom. The summed E-state index contributed by atoms with van der Waals surface area (Å²) in [5.74, 6) is -2.02. The first-order valence-electron chi connectivity index (χ1n) is 8.63. The number of nitrogens with one attached hydrogen (secondary N) is 2. The highest BCUT2D eigenvalue weighted by atomic mass is 19.2. The molecule has 3 rings (SSSR count). The van der Waals surface area contributed by atoms with Crippen LogP contribution in [0.15, 0.2) is 29.1 Å². The Morgan fingerprint density at radius 3 is 2.61 bits per heavy atom. The van der Waals surface area contributed by atoms with Crippen molar-refractivity contribution in [1.29, 1.82) is 0 Å². The summed E-state index contributed by atoms with van der Waals surface area (Å²) < 4.78 is 27.7. The fourth-order valence-electron chi connectivity index (χ4n) is 2.94. The number of rotatable bonds is 5. The molecular weight excluding hydrogens is 368 g/mol. The molecule has 0 fully saturated rings. The number of halogens is 2. The van der Waals surface area contributed by atoms with Crippen LogP contribution >= 0.6 is 0 Å². The second-order valence-corrected chi connectivity index (χ2v) is 6.45. The molecule has 2 aromatic heterocycles. The number of benzene rings is 1. The summed E-state index contributed by atoms with van der Waals surface area (Å²) in [5, 5.41) is 6.95. The SMILES string of the molecule is Cc1cc(=O)[nH]c(-n2nc(C)c(CCC(=O)Nc3ccc(F)c(F)c3)c2C)n1. The molecule has 3 aromatic rings. The lowest BCUT2D eigenvalue weighted by atomic mass is 10.1. The number of aromatic amines is 1. The van der Waals surface area contributed by atoms with Gasteiger partial charge in [-0.15, -0.1) is 0 Å². The molecule has 0 aliphatic rings. The molecule has 0 atom stereocenters. The number of nitrogens with zero attached hydrogens (tertiary/aromatic N) is 3. The minimum Gasteiger partial charge on any atom is -0.326 e. The molecule has 0 saturated heterocycles. The summed E-state index contributed by atoms with van der Waals surface area (Å²) in [4.78, 5) is 30.8. The van der Waals surface area contributed by atoms with Gasteiger partial charge in [0.15, 0.2) is 11.6 Å². The van der Waals surface area contributed by atoms with Gasteiger partial charge in [0.05, 0.1) is 5.69 Å². The molecule has 1 aromatic carbocycles. The third-order valence-electron chi connectivity index (χ3n) is 4.30. The van der Waals surface area contributed by atoms with Crippen LogP contribution in [0.5, 0.6) is 0 Å². The summed E-state index contributed by atoms with van der Waals surface area (Å²) in [6.45, 7) is 5.35. The van der Waals surface area contributed by atoms with Crippen molar-refractivity contribution >= 4 is 11.6 Å². The molecule has 0 spiro atoms. The highest BCUT2D eigenvalue weighted by Crippen LogP contribution is 2.18. The molecule has 146 valence electrons. The molecule has 0 unspecified atom stereocenters. The number of aromatic nitrogens is 4. The standard InChI is InChI=1S/C19H19F2N5O2/c1-10-8-18(28)24-19(22-10)26-12(3)14(11(2)25-26)5-7-17(27)23-13-4-6-15(20)16(21)9-13/h4,6,8-9H,5,7H2,1-3H3,(H,23,27)(H,22,24,28). The molecule has 9 heteroatoms. The van der Waals surface area contributed by atoms with Crippen LogP contribution < -0.4 is 10.9 Å². The van der Waals surface area contributed by atoms with E-state index >= 15 is 0 Å². The van der Waals surface area contributed by atoms with E-state index in [4.69, 9.17) is 0 Å². The van der Waals surface area contributed by atoms with Crippen LogP contribution in [0.4, 0.5) is 14.5 Å². The van der Waals surface area contributed by atoms with Gasteiger partial charge in [0.1, 0.15) is 0 Å². The third kappa shape index (κ3) is 4.13. The average molecular weight is 387 g/mol. The van der Waals surface area contributed by atoms with Gasteiger partial charge in [0.25, 0.3) is 5.56 Å². The largest absolute Gasteiger partial charge is 0.326 e. The predicted molar refractivity (Wildman–Crippen MR) is 99.5 cm³/mol. The Balaban J connectivity index is 1.74. The lowest BCUT2D eigenvalue weighted by molar-refractivity contribution is -0.116. The fraction of sp³-hybridized carbons (Fsp3) is 0.263. The van der Waals surface area contributed by atoms with E-state index in [1.807, 2.05) is 6.92 Å². The van der Waals surface area contributed by atoms with Crippen LogP contribution in [0.3, 0.4) is 0 Å². The second-order valence-electron chi connectivity index (χ2n) is 6.45. The zero-order valence-corrected chi connectivity index (χ0v) is 15.6. The average Bonchev–Trinajstić information content (AvgIpc) is 2.90. The van der Waals surface area contributed by atoms with Gasteiger partial charge in [0, 0.05) is 35.6 Å². The minimum absolute atomic E-state index is 0.129. The van der Waals surface area contributed by atoms with E-state index in [0.29, 0.717) is 23.8 Å². The Bertz CT molecular complexity index is 1100. The topological polar surface area (TPSA) is 92.7 Å². The maximum atomic E-state index is 13.2. The Labute approximate surface area is 159 Å². The van der Waals surface area contributed by atoms with Gasteiger partial charge in [-0.1, -0.05) is 0 Å². The van der Waals surface area contributed by atoms with Gasteiger partial charge in [-0.25, -0.2) is 18.4 Å². The van der Waals surface area contributed by atoms with E-state index in [9.17, 15) is 18.4 Å². The predicted octanol–water partition coefficient (Wildman–Crippen LogP) is 2.73. The normalized spacial score (nSPS) is 10.9. The number of carbonyl (C=O) groups excluding carboxylic acids is 1. The zero-order valence-electron chi connectivity index (χ0n) is 15.6. The highest BCUT2D eigenvalue weighted by molar-refractivity contribution is 5.90. The van der Waals surface area contributed by atoms with Crippen LogP contribution in [0.1, 0.15) is 29.1 Å². The van der Waals surface area contributed by atoms with Crippen LogP contribution in [0.25, 0.3) is 5.95 Å². The molecule has 2 heterocycles. The maximum absolute atomic E-state index is 13.2. The molecule has 0 saturated carbocycles. The van der Waals surface area contributed by atoms with Crippen LogP contribution in [-0.2, 0) is 11.2 Å². The van der Waals surface area contributed by atoms with E-state index in [-0.39, 0.29) is 23.6 Å². The molecule has 0 bridgehead atoms. The molecule has 28 heavy (non-hydrogen) atoms. The third-order valence-corrected chi connectivity index (χ3v) is 4.30. The number of H-pyrrole nitrogens is 1. The van der Waals surface area contributed by atoms with E-state index in [1.165, 1.54) is 16.8 Å². The van der Waals surface area contributed by atoms with Crippen LogP contribution in [0, 0.1) is 32.4 Å². The lowest BCUT2D eigenvalue weighted by Gasteiger charge is -2.07. The Hall–Kier alpha value is -3.36. The molecule has 0 radical (unpaired) electrons. The van der Waals surface area contributed by atoms with Crippen molar-refractivity contribution < 1.29 is 13.6 Å². The zero-order chi connectivity index (χ0) is 20.4. The highest BCUT2D eigenvalue weighted by Gasteiger charge is 2.16. The van der Waals surface area contributed by atoms with Crippen molar-refractivity contribution in [2.24, 2.45) is 0 Å². The summed E-state index contributed by atoms with van der Waals surface area (Å²) in [6.07, 6.45) is 0.521. The summed E-state index contributed by atoms with van der Waals surface area (Å²) in [6, 6.07) is 4.57. The van der Waals surface area contributed by atoms with Crippen molar-refractivity contribution in [2.45, 2.75) is 33.6 Å². The van der Waals surface area contributed by atoms with Crippen LogP contribution in [0.2, 0.25) is 0 Å². The van der Waals surface area contributed by atoms with Gasteiger partial charge >= 0.3 is 0 Å². The lowest BCUT2D eigenvalue weighted by Crippen LogP contribution is -2.15. The van der Waals surface area contributed by atoms with E-state index in [0.717, 1.165) is 23.4 Å². The number of carbonyl (C=O) groups is 1. The summed E-state index contributed by atoms with van der Waals surface area (Å²) in [5.41, 5.74) is 2.80. The summed E-state index contributed by atoms with van der Waals surface area (Å²) >= 11 is 0. The van der Waals surface area contributed by atoms with Gasteiger partial charge in [-0.05, 0) is 44.9 Å². The van der Waals surface area contributed by atoms with Crippen molar-refractivity contribution in [3.63, 3.8) is 0 Å². The minimum atomic E-state index is -1.02. The second kappa shape index (κ2) is 7.71. The van der Waals surface area contributed by atoms with E-state index in [2.05, 4.69) is 20.4 Å². The first-order chi connectivity index (χ1) is 13.2. The number of aryl methyl sites for hydroxylation is 2. The summed E-state index contributed by atoms with van der Waals surface area (Å²) in [7, 11) is 0. The van der Waals surface area contributed by atoms with E-state index in [1.54, 1.807) is 13.8 Å². The fourth-order valence-corrected chi connectivity index (χ4v) is 2.94. The van der Waals surface area contributed by atoms with Gasteiger partial charge in [-0.3, -0.25) is 14.6 Å². The maximum Gasteiger partial charge on any atom is 0.252 e. The first kappa shape index (κ1) is 19.4. The molecule has 1 amide bonds. The Morgan fingerprint density at radius 2 is 1.93 bits per heavy atom. The quantitative estimate of drug-likeness (QED) is 0.704. The molecule has 7 nitrogen and oxygen atoms in total. The first-order valence-corrected chi connectivity index (χ1v) is 8.63. The van der Waals surface area contributed by atoms with Crippen LogP contribution in [-0.4, -0.2) is 25.7 Å². The van der Waals surface area contributed by atoms with Gasteiger partial charge in [0.2, 0.25) is 11.9 Å². The molecular formula is C19H19F2N5O2. The molecule has 0 aliphatic carbocycles. The molecule has 0 aliphatic heterocycles. The Kier molecular flexibility index (Phi) is 5.34. The van der Waals surface area contributed by atoms with Crippen molar-refractivity contribution in [1.82, 2.24) is 19.7 Å². The van der Waals surface area contributed by atoms with Crippen molar-refractivity contribution in [3.8, 4) is 5.95 Å². The van der Waals surface area contributed by atoms with Gasteiger partial charge in [-0.2, -0.15) is 5.10 Å². The smallest absolute Gasteiger partial charge is 0.252 e.